The predicted octanol–water partition coefficient (Wildman–Crippen LogP) is 1.33. The Morgan fingerprint density at radius 2 is 1.31 bits per heavy atom. The van der Waals surface area contributed by atoms with Crippen LogP contribution >= 0.6 is 0 Å². The van der Waals surface area contributed by atoms with Gasteiger partial charge in [-0.15, -0.1) is 0 Å². The lowest BCUT2D eigenvalue weighted by atomic mass is 10.0. The van der Waals surface area contributed by atoms with Crippen LogP contribution in [0.2, 0.25) is 0 Å². The van der Waals surface area contributed by atoms with Crippen LogP contribution in [0.1, 0.15) is 48.4 Å². The Hall–Kier alpha value is -2.10. The zero-order chi connectivity index (χ0) is 11.9. The lowest BCUT2D eigenvalue weighted by Crippen LogP contribution is -2.09. The summed E-state index contributed by atoms with van der Waals surface area (Å²) < 4.78 is 0. The molecule has 4 heteroatoms. The molecule has 0 amide bonds. The summed E-state index contributed by atoms with van der Waals surface area (Å²) in [6.07, 6.45) is 1.01. The van der Waals surface area contributed by atoms with Crippen LogP contribution in [0.5, 0.6) is 0 Å². The number of carbonyl (C=O) groups excluding carboxylic acids is 4. The molecule has 0 radical (unpaired) electrons. The van der Waals surface area contributed by atoms with Crippen LogP contribution in [0.25, 0.3) is 0 Å². The molecule has 0 atom stereocenters. The number of rotatable bonds is 2. The van der Waals surface area contributed by atoms with Gasteiger partial charge in [0.05, 0.1) is 5.92 Å². The number of aldehydes is 2. The van der Waals surface area contributed by atoms with Crippen LogP contribution < -0.4 is 0 Å². The second-order valence-corrected chi connectivity index (χ2v) is 3.71. The summed E-state index contributed by atoms with van der Waals surface area (Å²) in [6.45, 7) is 1.52. The van der Waals surface area contributed by atoms with Gasteiger partial charge in [0.2, 0.25) is 0 Å². The maximum absolute atomic E-state index is 11.6. The van der Waals surface area contributed by atoms with Crippen LogP contribution in [0, 0.1) is 5.92 Å². The number of ketones is 2. The summed E-state index contributed by atoms with van der Waals surface area (Å²) in [5.41, 5.74) is 0.767. The van der Waals surface area contributed by atoms with E-state index in [1.807, 2.05) is 0 Å². The Bertz CT molecular complexity index is 481. The highest BCUT2D eigenvalue weighted by Gasteiger charge is 2.35. The molecule has 0 fully saturated rings. The number of hydrogen-bond donors (Lipinski definition) is 0. The molecule has 0 unspecified atom stereocenters. The normalized spacial score (nSPS) is 15.1. The average molecular weight is 216 g/mol. The zero-order valence-corrected chi connectivity index (χ0v) is 8.52. The summed E-state index contributed by atoms with van der Waals surface area (Å²) in [5.74, 6) is -1.29. The smallest absolute Gasteiger partial charge is 0.174 e. The third-order valence-corrected chi connectivity index (χ3v) is 2.79. The number of benzene rings is 1. The molecular formula is C12H8O4. The van der Waals surface area contributed by atoms with E-state index in [1.165, 1.54) is 19.1 Å². The van der Waals surface area contributed by atoms with Crippen LogP contribution in [0.4, 0.5) is 0 Å². The van der Waals surface area contributed by atoms with Crippen molar-refractivity contribution >= 4 is 24.1 Å². The topological polar surface area (TPSA) is 68.3 Å². The first-order valence-corrected chi connectivity index (χ1v) is 4.77. The van der Waals surface area contributed by atoms with E-state index >= 15 is 0 Å². The van der Waals surface area contributed by atoms with Crippen molar-refractivity contribution in [3.8, 4) is 0 Å². The average Bonchev–Trinajstić information content (AvgIpc) is 2.52. The molecule has 1 aromatic carbocycles. The molecule has 16 heavy (non-hydrogen) atoms. The van der Waals surface area contributed by atoms with Crippen molar-refractivity contribution in [2.45, 2.75) is 6.92 Å². The molecule has 0 N–H and O–H groups in total. The summed E-state index contributed by atoms with van der Waals surface area (Å²) >= 11 is 0. The van der Waals surface area contributed by atoms with Crippen molar-refractivity contribution in [3.63, 3.8) is 0 Å². The quantitative estimate of drug-likeness (QED) is 0.552. The van der Waals surface area contributed by atoms with Gasteiger partial charge in [-0.2, -0.15) is 0 Å². The van der Waals surface area contributed by atoms with Gasteiger partial charge in [-0.25, -0.2) is 0 Å². The van der Waals surface area contributed by atoms with Gasteiger partial charge in [0.15, 0.2) is 24.1 Å². The lowest BCUT2D eigenvalue weighted by molar-refractivity contribution is 0.0851. The highest BCUT2D eigenvalue weighted by Crippen LogP contribution is 2.28. The SMILES string of the molecule is CC1C(=O)c2cc(C=O)c(C=O)cc2C1=O. The number of Topliss-reactive ketones (excluding diaryl/α,β-unsaturated/α-hetero) is 2. The van der Waals surface area contributed by atoms with E-state index in [4.69, 9.17) is 0 Å². The van der Waals surface area contributed by atoms with Gasteiger partial charge in [0.25, 0.3) is 0 Å². The van der Waals surface area contributed by atoms with Crippen LogP contribution in [-0.2, 0) is 0 Å². The van der Waals surface area contributed by atoms with Crippen molar-refractivity contribution < 1.29 is 19.2 Å². The fourth-order valence-electron chi connectivity index (χ4n) is 1.83. The van der Waals surface area contributed by atoms with Gasteiger partial charge in [-0.1, -0.05) is 0 Å². The molecule has 1 aromatic rings. The fourth-order valence-corrected chi connectivity index (χ4v) is 1.83. The standard InChI is InChI=1S/C12H8O4/c1-6-11(15)9-2-7(4-13)8(5-14)3-10(9)12(6)16/h2-6H,1H3. The van der Waals surface area contributed by atoms with Crippen molar-refractivity contribution in [1.29, 1.82) is 0 Å². The second kappa shape index (κ2) is 3.48. The van der Waals surface area contributed by atoms with E-state index in [9.17, 15) is 19.2 Å². The van der Waals surface area contributed by atoms with Gasteiger partial charge in [0, 0.05) is 22.3 Å². The molecular weight excluding hydrogens is 208 g/mol. The molecule has 0 aliphatic heterocycles. The molecule has 0 saturated carbocycles. The van der Waals surface area contributed by atoms with Gasteiger partial charge in [-0.05, 0) is 19.1 Å². The van der Waals surface area contributed by atoms with Gasteiger partial charge in [0.1, 0.15) is 0 Å². The molecule has 0 saturated heterocycles. The van der Waals surface area contributed by atoms with Gasteiger partial charge < -0.3 is 0 Å². The Balaban J connectivity index is 2.73. The molecule has 2 rings (SSSR count). The summed E-state index contributed by atoms with van der Waals surface area (Å²) in [6, 6.07) is 2.63. The van der Waals surface area contributed by atoms with E-state index < -0.39 is 5.92 Å². The van der Waals surface area contributed by atoms with E-state index in [0.717, 1.165) is 0 Å². The van der Waals surface area contributed by atoms with Crippen molar-refractivity contribution in [3.05, 3.63) is 34.4 Å². The monoisotopic (exact) mass is 216 g/mol. The van der Waals surface area contributed by atoms with Crippen molar-refractivity contribution in [1.82, 2.24) is 0 Å². The third-order valence-electron chi connectivity index (χ3n) is 2.79. The molecule has 0 aromatic heterocycles. The summed E-state index contributed by atoms with van der Waals surface area (Å²) in [4.78, 5) is 44.7. The van der Waals surface area contributed by atoms with E-state index in [1.54, 1.807) is 0 Å². The minimum atomic E-state index is -0.712. The number of carbonyl (C=O) groups is 4. The van der Waals surface area contributed by atoms with Crippen molar-refractivity contribution in [2.24, 2.45) is 5.92 Å². The molecule has 0 bridgehead atoms. The molecule has 1 aliphatic rings. The lowest BCUT2D eigenvalue weighted by Gasteiger charge is -2.00. The van der Waals surface area contributed by atoms with Crippen LogP contribution in [0.15, 0.2) is 12.1 Å². The first-order chi connectivity index (χ1) is 7.60. The van der Waals surface area contributed by atoms with Gasteiger partial charge in [-0.3, -0.25) is 19.2 Å². The van der Waals surface area contributed by atoms with E-state index in [2.05, 4.69) is 0 Å². The van der Waals surface area contributed by atoms with Crippen LogP contribution in [-0.4, -0.2) is 24.1 Å². The first kappa shape index (κ1) is 10.4. The Kier molecular flexibility index (Phi) is 2.27. The van der Waals surface area contributed by atoms with E-state index in [-0.39, 0.29) is 33.8 Å². The highest BCUT2D eigenvalue weighted by atomic mass is 16.2. The summed E-state index contributed by atoms with van der Waals surface area (Å²) in [5, 5.41) is 0. The highest BCUT2D eigenvalue weighted by molar-refractivity contribution is 6.27. The Morgan fingerprint density at radius 3 is 1.62 bits per heavy atom. The molecule has 80 valence electrons. The molecule has 0 heterocycles. The molecule has 1 aliphatic carbocycles. The third kappa shape index (κ3) is 1.23. The molecule has 0 spiro atoms. The number of fused-ring (bicyclic) bond motifs is 1. The largest absolute Gasteiger partial charge is 0.298 e. The minimum Gasteiger partial charge on any atom is -0.298 e. The van der Waals surface area contributed by atoms with Crippen LogP contribution in [0.3, 0.4) is 0 Å². The minimum absolute atomic E-state index is 0.143. The van der Waals surface area contributed by atoms with Gasteiger partial charge >= 0.3 is 0 Å². The molecule has 4 nitrogen and oxygen atoms in total. The maximum Gasteiger partial charge on any atom is 0.174 e. The number of hydrogen-bond acceptors (Lipinski definition) is 4. The van der Waals surface area contributed by atoms with Crippen molar-refractivity contribution in [2.75, 3.05) is 0 Å². The first-order valence-electron chi connectivity index (χ1n) is 4.77. The maximum atomic E-state index is 11.6. The Morgan fingerprint density at radius 1 is 0.938 bits per heavy atom. The second-order valence-electron chi connectivity index (χ2n) is 3.71. The predicted molar refractivity (Wildman–Crippen MR) is 55.0 cm³/mol. The summed E-state index contributed by atoms with van der Waals surface area (Å²) in [7, 11) is 0. The Labute approximate surface area is 91.3 Å². The zero-order valence-electron chi connectivity index (χ0n) is 8.52. The van der Waals surface area contributed by atoms with E-state index in [0.29, 0.717) is 12.6 Å². The fraction of sp³-hybridized carbons (Fsp3) is 0.167.